The summed E-state index contributed by atoms with van der Waals surface area (Å²) in [6.07, 6.45) is 8.13. The van der Waals surface area contributed by atoms with Gasteiger partial charge in [0.25, 0.3) is 5.91 Å². The molecule has 0 saturated heterocycles. The van der Waals surface area contributed by atoms with Crippen LogP contribution in [0.25, 0.3) is 10.9 Å². The molecule has 164 valence electrons. The van der Waals surface area contributed by atoms with Gasteiger partial charge in [0.05, 0.1) is 11.7 Å². The van der Waals surface area contributed by atoms with Crippen LogP contribution < -0.4 is 21.7 Å². The number of nitrogens with two attached hydrogens (primary N) is 1. The lowest BCUT2D eigenvalue weighted by Crippen LogP contribution is -2.41. The first-order valence-corrected chi connectivity index (χ1v) is 10.5. The fraction of sp³-hybridized carbons (Fsp3) is 0.261. The number of carbonyl (C=O) groups is 2. The summed E-state index contributed by atoms with van der Waals surface area (Å²) >= 11 is 0. The number of pyridine rings is 1. The van der Waals surface area contributed by atoms with Gasteiger partial charge in [-0.25, -0.2) is 9.97 Å². The smallest absolute Gasteiger partial charge is 0.271 e. The van der Waals surface area contributed by atoms with Crippen molar-refractivity contribution in [3.8, 4) is 0 Å². The van der Waals surface area contributed by atoms with Crippen LogP contribution in [0, 0.1) is 0 Å². The van der Waals surface area contributed by atoms with E-state index in [0.717, 1.165) is 42.3 Å². The predicted molar refractivity (Wildman–Crippen MR) is 124 cm³/mol. The number of benzene rings is 1. The Morgan fingerprint density at radius 1 is 1.16 bits per heavy atom. The molecule has 1 aromatic carbocycles. The van der Waals surface area contributed by atoms with E-state index in [9.17, 15) is 9.59 Å². The van der Waals surface area contributed by atoms with Crippen molar-refractivity contribution >= 4 is 40.0 Å². The number of hydrogen-bond acceptors (Lipinski definition) is 7. The minimum Gasteiger partial charge on any atom is -0.366 e. The third-order valence-corrected chi connectivity index (χ3v) is 5.43. The van der Waals surface area contributed by atoms with Gasteiger partial charge in [-0.3, -0.25) is 14.6 Å². The number of aromatic nitrogens is 3. The highest BCUT2D eigenvalue weighted by Gasteiger charge is 2.23. The number of fused-ring (bicyclic) bond motifs is 1. The van der Waals surface area contributed by atoms with E-state index < -0.39 is 5.91 Å². The molecular weight excluding hydrogens is 406 g/mol. The lowest BCUT2D eigenvalue weighted by Gasteiger charge is -2.30. The fourth-order valence-electron chi connectivity index (χ4n) is 3.94. The number of amides is 2. The third-order valence-electron chi connectivity index (χ3n) is 5.43. The summed E-state index contributed by atoms with van der Waals surface area (Å²) in [7, 11) is 0. The molecule has 0 bridgehead atoms. The van der Waals surface area contributed by atoms with E-state index in [0.29, 0.717) is 5.82 Å². The van der Waals surface area contributed by atoms with Crippen LogP contribution in [-0.2, 0) is 4.79 Å². The van der Waals surface area contributed by atoms with Crippen molar-refractivity contribution in [2.24, 2.45) is 5.73 Å². The Morgan fingerprint density at radius 3 is 2.81 bits per heavy atom. The number of hydrogen-bond donors (Lipinski definition) is 4. The lowest BCUT2D eigenvalue weighted by molar-refractivity contribution is -0.117. The highest BCUT2D eigenvalue weighted by molar-refractivity contribution is 5.96. The van der Waals surface area contributed by atoms with E-state index in [1.807, 2.05) is 30.3 Å². The van der Waals surface area contributed by atoms with Gasteiger partial charge in [0, 0.05) is 29.4 Å². The summed E-state index contributed by atoms with van der Waals surface area (Å²) in [5.41, 5.74) is 7.17. The zero-order valence-electron chi connectivity index (χ0n) is 17.5. The summed E-state index contributed by atoms with van der Waals surface area (Å²) < 4.78 is 0. The molecule has 2 aromatic heterocycles. The van der Waals surface area contributed by atoms with E-state index >= 15 is 0 Å². The number of anilines is 3. The largest absolute Gasteiger partial charge is 0.366 e. The Bertz CT molecular complexity index is 1160. The molecule has 9 nitrogen and oxygen atoms in total. The number of nitrogens with one attached hydrogen (secondary N) is 3. The van der Waals surface area contributed by atoms with Crippen LogP contribution in [0.15, 0.2) is 55.4 Å². The van der Waals surface area contributed by atoms with Crippen LogP contribution in [0.1, 0.15) is 36.2 Å². The third kappa shape index (κ3) is 5.00. The van der Waals surface area contributed by atoms with Crippen LogP contribution in [0.3, 0.4) is 0 Å². The van der Waals surface area contributed by atoms with Crippen LogP contribution in [0.2, 0.25) is 0 Å². The quantitative estimate of drug-likeness (QED) is 0.422. The first-order valence-electron chi connectivity index (χ1n) is 10.5. The van der Waals surface area contributed by atoms with Gasteiger partial charge in [-0.2, -0.15) is 0 Å². The van der Waals surface area contributed by atoms with Crippen molar-refractivity contribution in [1.29, 1.82) is 0 Å². The highest BCUT2D eigenvalue weighted by atomic mass is 16.2. The van der Waals surface area contributed by atoms with Gasteiger partial charge in [0.2, 0.25) is 5.91 Å². The molecular formula is C23H25N7O2. The van der Waals surface area contributed by atoms with Crippen LogP contribution in [0.4, 0.5) is 17.3 Å². The van der Waals surface area contributed by atoms with Gasteiger partial charge in [-0.15, -0.1) is 0 Å². The number of nitrogens with zero attached hydrogens (tertiary/aromatic N) is 3. The molecule has 1 saturated carbocycles. The van der Waals surface area contributed by atoms with E-state index in [1.165, 1.54) is 12.3 Å². The van der Waals surface area contributed by atoms with E-state index in [-0.39, 0.29) is 29.5 Å². The molecule has 1 aliphatic carbocycles. The predicted octanol–water partition coefficient (Wildman–Crippen LogP) is 2.89. The van der Waals surface area contributed by atoms with Gasteiger partial charge in [-0.1, -0.05) is 12.6 Å². The molecule has 0 spiro atoms. The Hall–Kier alpha value is -4.01. The van der Waals surface area contributed by atoms with Gasteiger partial charge in [-0.05, 0) is 56.0 Å². The second-order valence-electron chi connectivity index (χ2n) is 7.77. The monoisotopic (exact) mass is 431 g/mol. The van der Waals surface area contributed by atoms with Gasteiger partial charge < -0.3 is 21.7 Å². The molecule has 0 aliphatic heterocycles. The SMILES string of the molecule is C=CC(=O)NC1CCC[C@@H](Nc2cnc(C(N)=O)c(Nc3ccc4ncccc4c3)n2)C1. The molecule has 9 heteroatoms. The molecule has 3 aromatic rings. The van der Waals surface area contributed by atoms with Crippen LogP contribution in [-0.4, -0.2) is 38.8 Å². The second-order valence-corrected chi connectivity index (χ2v) is 7.77. The molecule has 2 atom stereocenters. The first kappa shape index (κ1) is 21.2. The van der Waals surface area contributed by atoms with E-state index in [2.05, 4.69) is 37.5 Å². The molecule has 4 rings (SSSR count). The average Bonchev–Trinajstić information content (AvgIpc) is 2.79. The average molecular weight is 432 g/mol. The summed E-state index contributed by atoms with van der Waals surface area (Å²) in [5.74, 6) is -0.0316. The number of carbonyl (C=O) groups excluding carboxylic acids is 2. The Morgan fingerprint density at radius 2 is 2.00 bits per heavy atom. The fourth-order valence-corrected chi connectivity index (χ4v) is 3.94. The number of primary amides is 1. The minimum atomic E-state index is -0.668. The second kappa shape index (κ2) is 9.42. The standard InChI is InChI=1S/C23H25N7O2/c1-2-20(31)28-16-7-3-6-15(12-16)27-19-13-26-21(22(24)32)23(30-19)29-17-8-9-18-14(11-17)5-4-10-25-18/h2,4-5,8-11,13,15-16H,1,3,6-7,12H2,(H2,24,32)(H,28,31)(H2,27,29,30)/t15-,16?/m1/s1. The zero-order valence-corrected chi connectivity index (χ0v) is 17.5. The van der Waals surface area contributed by atoms with Crippen molar-refractivity contribution in [2.75, 3.05) is 10.6 Å². The van der Waals surface area contributed by atoms with Gasteiger partial charge >= 0.3 is 0 Å². The normalized spacial score (nSPS) is 18.0. The van der Waals surface area contributed by atoms with Crippen molar-refractivity contribution in [2.45, 2.75) is 37.8 Å². The van der Waals surface area contributed by atoms with Crippen molar-refractivity contribution in [3.05, 3.63) is 61.1 Å². The van der Waals surface area contributed by atoms with Crippen molar-refractivity contribution in [3.63, 3.8) is 0 Å². The van der Waals surface area contributed by atoms with Crippen molar-refractivity contribution < 1.29 is 9.59 Å². The molecule has 32 heavy (non-hydrogen) atoms. The molecule has 1 aliphatic rings. The maximum atomic E-state index is 11.9. The van der Waals surface area contributed by atoms with E-state index in [4.69, 9.17) is 5.73 Å². The first-order chi connectivity index (χ1) is 15.5. The Labute approximate surface area is 185 Å². The molecule has 1 unspecified atom stereocenters. The Balaban J connectivity index is 1.53. The number of rotatable bonds is 7. The zero-order chi connectivity index (χ0) is 22.5. The summed E-state index contributed by atoms with van der Waals surface area (Å²) in [6, 6.07) is 9.67. The molecule has 1 fully saturated rings. The highest BCUT2D eigenvalue weighted by Crippen LogP contribution is 2.25. The summed E-state index contributed by atoms with van der Waals surface area (Å²) in [6.45, 7) is 3.50. The van der Waals surface area contributed by atoms with Crippen LogP contribution >= 0.6 is 0 Å². The minimum absolute atomic E-state index is 0.0570. The van der Waals surface area contributed by atoms with E-state index in [1.54, 1.807) is 6.20 Å². The van der Waals surface area contributed by atoms with Crippen LogP contribution in [0.5, 0.6) is 0 Å². The van der Waals surface area contributed by atoms with Gasteiger partial charge in [0.15, 0.2) is 11.5 Å². The van der Waals surface area contributed by atoms with Crippen molar-refractivity contribution in [1.82, 2.24) is 20.3 Å². The van der Waals surface area contributed by atoms with Gasteiger partial charge in [0.1, 0.15) is 5.82 Å². The molecule has 2 heterocycles. The molecule has 5 N–H and O–H groups in total. The molecule has 2 amide bonds. The Kier molecular flexibility index (Phi) is 6.25. The summed E-state index contributed by atoms with van der Waals surface area (Å²) in [5, 5.41) is 10.4. The maximum Gasteiger partial charge on any atom is 0.271 e. The maximum absolute atomic E-state index is 11.9. The summed E-state index contributed by atoms with van der Waals surface area (Å²) in [4.78, 5) is 36.6. The molecule has 0 radical (unpaired) electrons. The topological polar surface area (TPSA) is 135 Å². The lowest BCUT2D eigenvalue weighted by atomic mass is 9.91.